The van der Waals surface area contributed by atoms with Crippen molar-refractivity contribution in [3.05, 3.63) is 0 Å². The molecule has 0 radical (unpaired) electrons. The maximum atomic E-state index is 10.4. The van der Waals surface area contributed by atoms with Crippen LogP contribution in [0.25, 0.3) is 0 Å². The number of hydrogen-bond donors (Lipinski definition) is 2. The standard InChI is InChI=1S/C5H11NO3/c1-2-5(8)6-9-4-3-7/h7H,2-4H2,1H3,(H,6,8). The second-order valence-corrected chi connectivity index (χ2v) is 1.45. The Morgan fingerprint density at radius 3 is 2.89 bits per heavy atom. The van der Waals surface area contributed by atoms with E-state index < -0.39 is 0 Å². The molecule has 0 fully saturated rings. The summed E-state index contributed by atoms with van der Waals surface area (Å²) in [7, 11) is 0. The predicted molar refractivity (Wildman–Crippen MR) is 31.5 cm³/mol. The summed E-state index contributed by atoms with van der Waals surface area (Å²) in [6.45, 7) is 1.79. The van der Waals surface area contributed by atoms with E-state index in [1.165, 1.54) is 0 Å². The van der Waals surface area contributed by atoms with Crippen molar-refractivity contribution in [2.24, 2.45) is 0 Å². The molecule has 0 saturated carbocycles. The number of rotatable bonds is 4. The summed E-state index contributed by atoms with van der Waals surface area (Å²) in [5.74, 6) is -0.177. The molecule has 2 N–H and O–H groups in total. The summed E-state index contributed by atoms with van der Waals surface area (Å²) in [5.41, 5.74) is 2.13. The highest BCUT2D eigenvalue weighted by atomic mass is 16.7. The zero-order valence-corrected chi connectivity index (χ0v) is 5.39. The molecule has 0 bridgehead atoms. The fourth-order valence-electron chi connectivity index (χ4n) is 0.249. The molecule has 0 aromatic rings. The van der Waals surface area contributed by atoms with Crippen LogP contribution in [0.5, 0.6) is 0 Å². The molecular weight excluding hydrogens is 122 g/mol. The van der Waals surface area contributed by atoms with Crippen LogP contribution in [0.2, 0.25) is 0 Å². The van der Waals surface area contributed by atoms with E-state index in [2.05, 4.69) is 10.3 Å². The third-order valence-corrected chi connectivity index (χ3v) is 0.700. The molecule has 0 aliphatic heterocycles. The summed E-state index contributed by atoms with van der Waals surface area (Å²) in [4.78, 5) is 14.9. The highest BCUT2D eigenvalue weighted by Crippen LogP contribution is 1.74. The molecule has 4 heteroatoms. The molecule has 0 atom stereocenters. The summed E-state index contributed by atoms with van der Waals surface area (Å²) in [6.07, 6.45) is 0.394. The van der Waals surface area contributed by atoms with Gasteiger partial charge in [-0.2, -0.15) is 0 Å². The zero-order chi connectivity index (χ0) is 7.11. The molecule has 0 aromatic carbocycles. The van der Waals surface area contributed by atoms with Crippen molar-refractivity contribution in [1.82, 2.24) is 5.48 Å². The van der Waals surface area contributed by atoms with Crippen LogP contribution in [0.1, 0.15) is 13.3 Å². The SMILES string of the molecule is CCC(=O)NOCCO. The van der Waals surface area contributed by atoms with E-state index in [1.807, 2.05) is 0 Å². The van der Waals surface area contributed by atoms with Gasteiger partial charge in [-0.05, 0) is 0 Å². The Labute approximate surface area is 53.8 Å². The molecule has 0 heterocycles. The van der Waals surface area contributed by atoms with E-state index in [9.17, 15) is 4.79 Å². The fourth-order valence-corrected chi connectivity index (χ4v) is 0.249. The molecule has 4 nitrogen and oxygen atoms in total. The van der Waals surface area contributed by atoms with Crippen molar-refractivity contribution < 1.29 is 14.7 Å². The Balaban J connectivity index is 2.97. The van der Waals surface area contributed by atoms with E-state index >= 15 is 0 Å². The lowest BCUT2D eigenvalue weighted by Crippen LogP contribution is -2.23. The summed E-state index contributed by atoms with van der Waals surface area (Å²) >= 11 is 0. The molecular formula is C5H11NO3. The minimum Gasteiger partial charge on any atom is -0.394 e. The van der Waals surface area contributed by atoms with Gasteiger partial charge in [-0.15, -0.1) is 0 Å². The van der Waals surface area contributed by atoms with Gasteiger partial charge in [0.15, 0.2) is 0 Å². The van der Waals surface area contributed by atoms with Gasteiger partial charge >= 0.3 is 0 Å². The van der Waals surface area contributed by atoms with Crippen molar-refractivity contribution in [2.45, 2.75) is 13.3 Å². The van der Waals surface area contributed by atoms with E-state index in [4.69, 9.17) is 5.11 Å². The van der Waals surface area contributed by atoms with E-state index in [0.717, 1.165) is 0 Å². The lowest BCUT2D eigenvalue weighted by atomic mass is 10.5. The van der Waals surface area contributed by atoms with Crippen LogP contribution in [0, 0.1) is 0 Å². The summed E-state index contributed by atoms with van der Waals surface area (Å²) < 4.78 is 0. The molecule has 0 spiro atoms. The van der Waals surface area contributed by atoms with Gasteiger partial charge in [-0.3, -0.25) is 9.63 Å². The number of aliphatic hydroxyl groups is 1. The third kappa shape index (κ3) is 5.26. The average molecular weight is 133 g/mol. The van der Waals surface area contributed by atoms with E-state index in [-0.39, 0.29) is 19.1 Å². The van der Waals surface area contributed by atoms with E-state index in [0.29, 0.717) is 6.42 Å². The minimum absolute atomic E-state index is 0.0794. The first-order valence-electron chi connectivity index (χ1n) is 2.82. The molecule has 9 heavy (non-hydrogen) atoms. The van der Waals surface area contributed by atoms with Gasteiger partial charge in [0.1, 0.15) is 0 Å². The third-order valence-electron chi connectivity index (χ3n) is 0.700. The molecule has 0 aromatic heterocycles. The van der Waals surface area contributed by atoms with Crippen molar-refractivity contribution in [3.8, 4) is 0 Å². The van der Waals surface area contributed by atoms with Gasteiger partial charge in [-0.25, -0.2) is 5.48 Å². The summed E-state index contributed by atoms with van der Waals surface area (Å²) in [6, 6.07) is 0. The Kier molecular flexibility index (Phi) is 5.15. The van der Waals surface area contributed by atoms with Crippen LogP contribution in [-0.2, 0) is 9.63 Å². The van der Waals surface area contributed by atoms with Crippen LogP contribution in [0.3, 0.4) is 0 Å². The first kappa shape index (κ1) is 8.39. The van der Waals surface area contributed by atoms with Crippen LogP contribution in [0.15, 0.2) is 0 Å². The zero-order valence-electron chi connectivity index (χ0n) is 5.39. The first-order valence-corrected chi connectivity index (χ1v) is 2.82. The minimum atomic E-state index is -0.177. The second kappa shape index (κ2) is 5.53. The highest BCUT2D eigenvalue weighted by Gasteiger charge is 1.92. The lowest BCUT2D eigenvalue weighted by Gasteiger charge is -2.00. The fraction of sp³-hybridized carbons (Fsp3) is 0.800. The van der Waals surface area contributed by atoms with Gasteiger partial charge in [-0.1, -0.05) is 6.92 Å². The molecule has 1 amide bonds. The van der Waals surface area contributed by atoms with E-state index in [1.54, 1.807) is 6.92 Å². The number of carbonyl (C=O) groups is 1. The maximum Gasteiger partial charge on any atom is 0.243 e. The molecule has 0 unspecified atom stereocenters. The maximum absolute atomic E-state index is 10.4. The monoisotopic (exact) mass is 133 g/mol. The summed E-state index contributed by atoms with van der Waals surface area (Å²) in [5, 5.41) is 8.18. The topological polar surface area (TPSA) is 58.6 Å². The molecule has 0 saturated heterocycles. The van der Waals surface area contributed by atoms with Crippen molar-refractivity contribution >= 4 is 5.91 Å². The smallest absolute Gasteiger partial charge is 0.243 e. The predicted octanol–water partition coefficient (Wildman–Crippen LogP) is -0.564. The first-order chi connectivity index (χ1) is 4.31. The largest absolute Gasteiger partial charge is 0.394 e. The van der Waals surface area contributed by atoms with Crippen molar-refractivity contribution in [3.63, 3.8) is 0 Å². The average Bonchev–Trinajstić information content (AvgIpc) is 1.89. The number of hydroxylamine groups is 1. The van der Waals surface area contributed by atoms with Crippen molar-refractivity contribution in [1.29, 1.82) is 0 Å². The Morgan fingerprint density at radius 1 is 1.78 bits per heavy atom. The second-order valence-electron chi connectivity index (χ2n) is 1.45. The molecule has 0 aliphatic rings. The van der Waals surface area contributed by atoms with Crippen LogP contribution >= 0.6 is 0 Å². The Bertz CT molecular complexity index is 84.3. The van der Waals surface area contributed by atoms with Gasteiger partial charge in [0.2, 0.25) is 5.91 Å². The molecule has 0 aliphatic carbocycles. The molecule has 0 rings (SSSR count). The normalized spacial score (nSPS) is 9.11. The highest BCUT2D eigenvalue weighted by molar-refractivity contribution is 5.74. The van der Waals surface area contributed by atoms with Gasteiger partial charge < -0.3 is 5.11 Å². The van der Waals surface area contributed by atoms with Crippen LogP contribution in [-0.4, -0.2) is 24.2 Å². The van der Waals surface area contributed by atoms with Crippen molar-refractivity contribution in [2.75, 3.05) is 13.2 Å². The lowest BCUT2D eigenvalue weighted by molar-refractivity contribution is -0.133. The number of hydrogen-bond acceptors (Lipinski definition) is 3. The Hall–Kier alpha value is -0.610. The van der Waals surface area contributed by atoms with Gasteiger partial charge in [0, 0.05) is 6.42 Å². The number of amides is 1. The van der Waals surface area contributed by atoms with Gasteiger partial charge in [0.05, 0.1) is 13.2 Å². The number of nitrogens with one attached hydrogen (secondary N) is 1. The number of aliphatic hydroxyl groups excluding tert-OH is 1. The quantitative estimate of drug-likeness (QED) is 0.399. The number of carbonyl (C=O) groups excluding carboxylic acids is 1. The van der Waals surface area contributed by atoms with Crippen LogP contribution < -0.4 is 5.48 Å². The molecule has 54 valence electrons. The van der Waals surface area contributed by atoms with Crippen LogP contribution in [0.4, 0.5) is 0 Å². The Morgan fingerprint density at radius 2 is 2.44 bits per heavy atom. The van der Waals surface area contributed by atoms with Gasteiger partial charge in [0.25, 0.3) is 0 Å².